The van der Waals surface area contributed by atoms with Crippen LogP contribution >= 0.6 is 0 Å². The third-order valence-electron chi connectivity index (χ3n) is 2.38. The number of hydrogen-bond acceptors (Lipinski definition) is 5. The molecule has 0 aromatic heterocycles. The molecule has 2 N–H and O–H groups in total. The minimum absolute atomic E-state index is 0.0399. The van der Waals surface area contributed by atoms with Crippen LogP contribution in [0.4, 0.5) is 4.79 Å². The molecule has 7 heteroatoms. The number of rotatable bonds is 4. The maximum absolute atomic E-state index is 11.4. The number of carbonyl (C=O) groups excluding carboxylic acids is 2. The molecule has 108 valence electrons. The van der Waals surface area contributed by atoms with E-state index in [1.165, 1.54) is 0 Å². The second-order valence-corrected chi connectivity index (χ2v) is 5.34. The summed E-state index contributed by atoms with van der Waals surface area (Å²) < 4.78 is 9.77. The van der Waals surface area contributed by atoms with Crippen molar-refractivity contribution in [3.63, 3.8) is 0 Å². The number of piperidine rings is 1. The molecule has 1 amide bonds. The Kier molecular flexibility index (Phi) is 5.59. The Bertz CT molecular complexity index is 349. The quantitative estimate of drug-likeness (QED) is 0.591. The topological polar surface area (TPSA) is 89.0 Å². The van der Waals surface area contributed by atoms with Crippen molar-refractivity contribution in [3.8, 4) is 0 Å². The third kappa shape index (κ3) is 6.64. The number of amidine groups is 1. The maximum Gasteiger partial charge on any atom is 0.428 e. The van der Waals surface area contributed by atoms with Crippen LogP contribution < -0.4 is 10.7 Å². The summed E-state index contributed by atoms with van der Waals surface area (Å²) in [4.78, 5) is 21.5. The number of nitrogens with zero attached hydrogens (tertiary/aromatic N) is 1. The van der Waals surface area contributed by atoms with Crippen LogP contribution in [0.3, 0.4) is 0 Å². The second-order valence-electron chi connectivity index (χ2n) is 5.34. The summed E-state index contributed by atoms with van der Waals surface area (Å²) in [5, 5.41) is 7.07. The normalized spacial score (nSPS) is 21.4. The molecule has 0 aromatic rings. The van der Waals surface area contributed by atoms with Crippen molar-refractivity contribution in [1.82, 2.24) is 10.7 Å². The van der Waals surface area contributed by atoms with E-state index in [9.17, 15) is 9.59 Å². The molecule has 1 fully saturated rings. The number of nitrogens with one attached hydrogen (secondary N) is 2. The lowest BCUT2D eigenvalue weighted by Crippen LogP contribution is -2.43. The summed E-state index contributed by atoms with van der Waals surface area (Å²) in [5.74, 6) is 0.664. The fraction of sp³-hybridized carbons (Fsp3) is 0.750. The molecular weight excluding hydrogens is 250 g/mol. The first-order valence-corrected chi connectivity index (χ1v) is 6.28. The van der Waals surface area contributed by atoms with Gasteiger partial charge in [0, 0.05) is 6.42 Å². The van der Waals surface area contributed by atoms with Crippen LogP contribution in [-0.4, -0.2) is 36.7 Å². The SMILES string of the molecule is CC(C)(C)OC(=O)NN=C1CCCC(COC=O)N1. The van der Waals surface area contributed by atoms with Crippen LogP contribution in [0.25, 0.3) is 0 Å². The lowest BCUT2D eigenvalue weighted by molar-refractivity contribution is -0.129. The maximum atomic E-state index is 11.4. The Labute approximate surface area is 112 Å². The van der Waals surface area contributed by atoms with E-state index >= 15 is 0 Å². The summed E-state index contributed by atoms with van der Waals surface area (Å²) in [7, 11) is 0. The van der Waals surface area contributed by atoms with Crippen LogP contribution in [0.15, 0.2) is 5.10 Å². The summed E-state index contributed by atoms with van der Waals surface area (Å²) in [6, 6.07) is 0.0399. The van der Waals surface area contributed by atoms with E-state index in [1.807, 2.05) is 0 Å². The molecule has 0 saturated carbocycles. The molecule has 1 heterocycles. The number of amides is 1. The van der Waals surface area contributed by atoms with Crippen LogP contribution in [0.5, 0.6) is 0 Å². The van der Waals surface area contributed by atoms with Crippen molar-refractivity contribution < 1.29 is 19.1 Å². The standard InChI is InChI=1S/C12H21N3O4/c1-12(2,3)19-11(17)15-14-10-6-4-5-9(13-10)7-18-8-16/h8-9H,4-7H2,1-3H3,(H,13,14)(H,15,17). The van der Waals surface area contributed by atoms with E-state index in [-0.39, 0.29) is 6.04 Å². The molecule has 1 saturated heterocycles. The minimum atomic E-state index is -0.590. The van der Waals surface area contributed by atoms with E-state index in [0.29, 0.717) is 18.9 Å². The molecule has 0 aromatic carbocycles. The molecule has 1 aliphatic rings. The van der Waals surface area contributed by atoms with Crippen molar-refractivity contribution in [2.45, 2.75) is 51.7 Å². The fourth-order valence-electron chi connectivity index (χ4n) is 1.68. The number of carbonyl (C=O) groups is 2. The molecular formula is C12H21N3O4. The number of ether oxygens (including phenoxy) is 2. The van der Waals surface area contributed by atoms with Gasteiger partial charge in [-0.3, -0.25) is 4.79 Å². The van der Waals surface area contributed by atoms with Gasteiger partial charge in [-0.15, -0.1) is 0 Å². The molecule has 0 bridgehead atoms. The summed E-state index contributed by atoms with van der Waals surface area (Å²) in [6.07, 6.45) is 1.98. The minimum Gasteiger partial charge on any atom is -0.466 e. The largest absolute Gasteiger partial charge is 0.466 e. The highest BCUT2D eigenvalue weighted by molar-refractivity contribution is 5.84. The van der Waals surface area contributed by atoms with Crippen LogP contribution in [0.1, 0.15) is 40.0 Å². The van der Waals surface area contributed by atoms with Crippen molar-refractivity contribution in [3.05, 3.63) is 0 Å². The van der Waals surface area contributed by atoms with Gasteiger partial charge in [-0.2, -0.15) is 5.10 Å². The Morgan fingerprint density at radius 3 is 2.95 bits per heavy atom. The molecule has 0 aliphatic carbocycles. The average molecular weight is 271 g/mol. The van der Waals surface area contributed by atoms with E-state index < -0.39 is 11.7 Å². The van der Waals surface area contributed by atoms with Crippen molar-refractivity contribution >= 4 is 18.4 Å². The summed E-state index contributed by atoms with van der Waals surface area (Å²) in [5.41, 5.74) is 1.79. The smallest absolute Gasteiger partial charge is 0.428 e. The van der Waals surface area contributed by atoms with Gasteiger partial charge in [-0.1, -0.05) is 0 Å². The third-order valence-corrected chi connectivity index (χ3v) is 2.38. The molecule has 0 radical (unpaired) electrons. The van der Waals surface area contributed by atoms with E-state index in [2.05, 4.69) is 15.8 Å². The molecule has 1 atom stereocenters. The predicted molar refractivity (Wildman–Crippen MR) is 69.6 cm³/mol. The number of hydrazone groups is 1. The molecule has 1 aliphatic heterocycles. The lowest BCUT2D eigenvalue weighted by Gasteiger charge is -2.25. The van der Waals surface area contributed by atoms with Gasteiger partial charge < -0.3 is 14.8 Å². The average Bonchev–Trinajstić information content (AvgIpc) is 2.32. The first-order chi connectivity index (χ1) is 8.90. The molecule has 0 spiro atoms. The van der Waals surface area contributed by atoms with Gasteiger partial charge in [0.1, 0.15) is 18.0 Å². The zero-order valence-corrected chi connectivity index (χ0v) is 11.6. The zero-order valence-electron chi connectivity index (χ0n) is 11.6. The first kappa shape index (κ1) is 15.3. The monoisotopic (exact) mass is 271 g/mol. The first-order valence-electron chi connectivity index (χ1n) is 6.28. The Morgan fingerprint density at radius 2 is 2.32 bits per heavy atom. The van der Waals surface area contributed by atoms with Crippen LogP contribution in [-0.2, 0) is 14.3 Å². The second kappa shape index (κ2) is 6.96. The van der Waals surface area contributed by atoms with E-state index in [0.717, 1.165) is 19.3 Å². The highest BCUT2D eigenvalue weighted by atomic mass is 16.6. The van der Waals surface area contributed by atoms with Crippen molar-refractivity contribution in [2.24, 2.45) is 5.10 Å². The van der Waals surface area contributed by atoms with Crippen LogP contribution in [0.2, 0.25) is 0 Å². The zero-order chi connectivity index (χ0) is 14.3. The van der Waals surface area contributed by atoms with Gasteiger partial charge in [-0.05, 0) is 33.6 Å². The van der Waals surface area contributed by atoms with Gasteiger partial charge in [0.05, 0.1) is 6.04 Å². The fourth-order valence-corrected chi connectivity index (χ4v) is 1.68. The Hall–Kier alpha value is -1.79. The highest BCUT2D eigenvalue weighted by Gasteiger charge is 2.19. The Morgan fingerprint density at radius 1 is 1.58 bits per heavy atom. The summed E-state index contributed by atoms with van der Waals surface area (Å²) in [6.45, 7) is 6.07. The van der Waals surface area contributed by atoms with Gasteiger partial charge in [0.25, 0.3) is 6.47 Å². The van der Waals surface area contributed by atoms with E-state index in [1.54, 1.807) is 20.8 Å². The van der Waals surface area contributed by atoms with E-state index in [4.69, 9.17) is 9.47 Å². The van der Waals surface area contributed by atoms with Crippen molar-refractivity contribution in [1.29, 1.82) is 0 Å². The predicted octanol–water partition coefficient (Wildman–Crippen LogP) is 1.14. The molecule has 7 nitrogen and oxygen atoms in total. The highest BCUT2D eigenvalue weighted by Crippen LogP contribution is 2.09. The van der Waals surface area contributed by atoms with Gasteiger partial charge in [0.15, 0.2) is 0 Å². The summed E-state index contributed by atoms with van der Waals surface area (Å²) >= 11 is 0. The van der Waals surface area contributed by atoms with Crippen molar-refractivity contribution in [2.75, 3.05) is 6.61 Å². The Balaban J connectivity index is 2.39. The van der Waals surface area contributed by atoms with Gasteiger partial charge in [-0.25, -0.2) is 10.2 Å². The molecule has 1 unspecified atom stereocenters. The molecule has 19 heavy (non-hydrogen) atoms. The van der Waals surface area contributed by atoms with Crippen LogP contribution in [0, 0.1) is 0 Å². The van der Waals surface area contributed by atoms with Gasteiger partial charge >= 0.3 is 6.09 Å². The van der Waals surface area contributed by atoms with Gasteiger partial charge in [0.2, 0.25) is 0 Å². The number of hydrogen-bond donors (Lipinski definition) is 2. The molecule has 1 rings (SSSR count). The lowest BCUT2D eigenvalue weighted by atomic mass is 10.1.